The molecule has 3 rings (SSSR count). The molecule has 0 bridgehead atoms. The predicted molar refractivity (Wildman–Crippen MR) is 114 cm³/mol. The first-order valence-electron chi connectivity index (χ1n) is 9.00. The Morgan fingerprint density at radius 1 is 1.06 bits per heavy atom. The van der Waals surface area contributed by atoms with E-state index < -0.39 is 16.3 Å². The number of nitro groups is 1. The minimum Gasteiger partial charge on any atom is -0.493 e. The molecule has 0 spiro atoms. The minimum absolute atomic E-state index is 0.130. The smallest absolute Gasteiger partial charge is 0.282 e. The lowest BCUT2D eigenvalue weighted by Gasteiger charge is -2.12. The average molecular weight is 425 g/mol. The van der Waals surface area contributed by atoms with Crippen molar-refractivity contribution in [2.75, 3.05) is 21.3 Å². The van der Waals surface area contributed by atoms with Crippen LogP contribution in [-0.2, 0) is 0 Å². The highest BCUT2D eigenvalue weighted by Crippen LogP contribution is 2.37. The zero-order valence-electron chi connectivity index (χ0n) is 17.2. The summed E-state index contributed by atoms with van der Waals surface area (Å²) in [5.41, 5.74) is -0.0950. The fourth-order valence-corrected chi connectivity index (χ4v) is 3.07. The Kier molecular flexibility index (Phi) is 6.00. The van der Waals surface area contributed by atoms with E-state index in [9.17, 15) is 19.7 Å². The molecule has 31 heavy (non-hydrogen) atoms. The first-order valence-corrected chi connectivity index (χ1v) is 9.00. The predicted octanol–water partition coefficient (Wildman–Crippen LogP) is 3.02. The lowest BCUT2D eigenvalue weighted by molar-refractivity contribution is -0.384. The lowest BCUT2D eigenvalue weighted by atomic mass is 10.1. The summed E-state index contributed by atoms with van der Waals surface area (Å²) in [7, 11) is 4.42. The van der Waals surface area contributed by atoms with Crippen LogP contribution in [0.2, 0.25) is 0 Å². The van der Waals surface area contributed by atoms with E-state index in [1.807, 2.05) is 0 Å². The van der Waals surface area contributed by atoms with Gasteiger partial charge in [-0.2, -0.15) is 9.78 Å². The lowest BCUT2D eigenvalue weighted by Crippen LogP contribution is -2.23. The summed E-state index contributed by atoms with van der Waals surface area (Å²) in [6.07, 6.45) is 1.39. The second kappa shape index (κ2) is 8.66. The molecule has 2 aromatic carbocycles. The Morgan fingerprint density at radius 3 is 2.23 bits per heavy atom. The van der Waals surface area contributed by atoms with Crippen LogP contribution in [0.15, 0.2) is 46.3 Å². The third kappa shape index (κ3) is 4.08. The summed E-state index contributed by atoms with van der Waals surface area (Å²) in [6.45, 7) is 1.24. The number of nitrogens with zero attached hydrogens (tertiary/aromatic N) is 3. The number of fused-ring (bicyclic) bond motifs is 1. The van der Waals surface area contributed by atoms with E-state index in [2.05, 4.69) is 5.10 Å². The van der Waals surface area contributed by atoms with E-state index in [1.54, 1.807) is 12.1 Å². The van der Waals surface area contributed by atoms with Crippen molar-refractivity contribution >= 4 is 28.6 Å². The van der Waals surface area contributed by atoms with Crippen LogP contribution in [-0.4, -0.2) is 42.9 Å². The molecule has 0 unspecified atom stereocenters. The Bertz CT molecular complexity index is 1250. The van der Waals surface area contributed by atoms with Crippen LogP contribution in [0.4, 0.5) is 5.69 Å². The van der Waals surface area contributed by atoms with E-state index in [0.29, 0.717) is 33.7 Å². The van der Waals surface area contributed by atoms with Gasteiger partial charge in [-0.05, 0) is 31.2 Å². The van der Waals surface area contributed by atoms with E-state index in [0.717, 1.165) is 4.68 Å². The molecule has 160 valence electrons. The van der Waals surface area contributed by atoms with Crippen molar-refractivity contribution in [2.24, 2.45) is 5.10 Å². The van der Waals surface area contributed by atoms with Gasteiger partial charge in [0, 0.05) is 23.1 Å². The maximum Gasteiger partial charge on any atom is 0.282 e. The third-order valence-corrected chi connectivity index (χ3v) is 4.56. The van der Waals surface area contributed by atoms with Crippen molar-refractivity contribution in [3.63, 3.8) is 0 Å². The molecular weight excluding hydrogens is 406 g/mol. The van der Waals surface area contributed by atoms with Crippen LogP contribution in [0, 0.1) is 10.1 Å². The summed E-state index contributed by atoms with van der Waals surface area (Å²) in [5, 5.41) is 15.7. The second-order valence-electron chi connectivity index (χ2n) is 6.43. The molecule has 10 heteroatoms. The number of nitro benzene ring substituents is 1. The number of carbonyl (C=O) groups excluding carboxylic acids is 1. The molecule has 0 radical (unpaired) electrons. The summed E-state index contributed by atoms with van der Waals surface area (Å²) in [6, 6.07) is 8.56. The highest BCUT2D eigenvalue weighted by molar-refractivity contribution is 5.97. The van der Waals surface area contributed by atoms with Gasteiger partial charge < -0.3 is 14.2 Å². The van der Waals surface area contributed by atoms with Gasteiger partial charge >= 0.3 is 0 Å². The first-order chi connectivity index (χ1) is 14.8. The molecule has 1 aromatic heterocycles. The van der Waals surface area contributed by atoms with Gasteiger partial charge in [-0.3, -0.25) is 19.7 Å². The largest absolute Gasteiger partial charge is 0.493 e. The van der Waals surface area contributed by atoms with Gasteiger partial charge in [0.05, 0.1) is 43.5 Å². The molecule has 0 fully saturated rings. The Hall–Kier alpha value is -4.21. The number of hydrogen-bond acceptors (Lipinski definition) is 8. The third-order valence-electron chi connectivity index (χ3n) is 4.56. The molecular formula is C21H19N3O7. The number of hydrogen-bond donors (Lipinski definition) is 0. The van der Waals surface area contributed by atoms with Gasteiger partial charge in [-0.25, -0.2) is 0 Å². The van der Waals surface area contributed by atoms with Gasteiger partial charge in [0.1, 0.15) is 0 Å². The number of aromatic nitrogens is 1. The Balaban J connectivity index is 2.22. The molecule has 0 aliphatic carbocycles. The average Bonchev–Trinajstić information content (AvgIpc) is 2.76. The zero-order valence-corrected chi connectivity index (χ0v) is 17.2. The van der Waals surface area contributed by atoms with Crippen molar-refractivity contribution in [1.82, 2.24) is 4.68 Å². The van der Waals surface area contributed by atoms with Crippen molar-refractivity contribution < 1.29 is 23.9 Å². The number of ketones is 1. The van der Waals surface area contributed by atoms with Crippen molar-refractivity contribution in [3.8, 4) is 17.2 Å². The Labute approximate surface area is 176 Å². The molecule has 0 N–H and O–H groups in total. The molecule has 0 amide bonds. The summed E-state index contributed by atoms with van der Waals surface area (Å²) in [5.74, 6) is 0.716. The number of non-ortho nitro benzene ring substituents is 1. The van der Waals surface area contributed by atoms with Crippen molar-refractivity contribution in [2.45, 2.75) is 6.92 Å². The number of carbonyl (C=O) groups is 1. The number of methoxy groups -OCH3 is 3. The van der Waals surface area contributed by atoms with Crippen LogP contribution >= 0.6 is 0 Å². The standard InChI is InChI=1S/C21H19N3O7/c1-12(25)16-10-14-9-15(24(27)28)5-6-17(14)23(21(16)26)22-11-13-7-18(29-2)20(31-4)19(8-13)30-3/h5-11H,1-4H3/b22-11+. The van der Waals surface area contributed by atoms with Crippen LogP contribution in [0.5, 0.6) is 17.2 Å². The quantitative estimate of drug-likeness (QED) is 0.247. The number of benzene rings is 2. The van der Waals surface area contributed by atoms with Gasteiger partial charge in [-0.15, -0.1) is 0 Å². The van der Waals surface area contributed by atoms with Crippen molar-refractivity contribution in [1.29, 1.82) is 0 Å². The maximum absolute atomic E-state index is 12.8. The van der Waals surface area contributed by atoms with Crippen LogP contribution in [0.3, 0.4) is 0 Å². The van der Waals surface area contributed by atoms with Gasteiger partial charge in [0.25, 0.3) is 11.2 Å². The minimum atomic E-state index is -0.641. The molecule has 3 aromatic rings. The number of rotatable bonds is 7. The molecule has 0 aliphatic heterocycles. The first kappa shape index (κ1) is 21.5. The number of pyridine rings is 1. The molecule has 0 saturated carbocycles. The monoisotopic (exact) mass is 425 g/mol. The topological polar surface area (TPSA) is 122 Å². The number of Topliss-reactive ketones (excluding diaryl/α,β-unsaturated/α-hetero) is 1. The van der Waals surface area contributed by atoms with Crippen LogP contribution in [0.25, 0.3) is 10.9 Å². The SMILES string of the molecule is COc1cc(/C=N/n2c(=O)c(C(C)=O)cc3cc([N+](=O)[O-])ccc32)cc(OC)c1OC. The van der Waals surface area contributed by atoms with E-state index in [1.165, 1.54) is 58.7 Å². The van der Waals surface area contributed by atoms with E-state index >= 15 is 0 Å². The van der Waals surface area contributed by atoms with Crippen LogP contribution in [0.1, 0.15) is 22.8 Å². The molecule has 10 nitrogen and oxygen atoms in total. The summed E-state index contributed by atoms with van der Waals surface area (Å²) >= 11 is 0. The molecule has 0 saturated heterocycles. The van der Waals surface area contributed by atoms with E-state index in [-0.39, 0.29) is 11.3 Å². The van der Waals surface area contributed by atoms with Crippen molar-refractivity contribution in [3.05, 3.63) is 68.0 Å². The van der Waals surface area contributed by atoms with Crippen LogP contribution < -0.4 is 19.8 Å². The summed E-state index contributed by atoms with van der Waals surface area (Å²) in [4.78, 5) is 35.3. The zero-order chi connectivity index (χ0) is 22.7. The Morgan fingerprint density at radius 2 is 1.71 bits per heavy atom. The van der Waals surface area contributed by atoms with Gasteiger partial charge in [0.2, 0.25) is 5.75 Å². The normalized spacial score (nSPS) is 11.0. The summed E-state index contributed by atoms with van der Waals surface area (Å²) < 4.78 is 16.9. The second-order valence-corrected chi connectivity index (χ2v) is 6.43. The highest BCUT2D eigenvalue weighted by Gasteiger charge is 2.16. The molecule has 0 atom stereocenters. The molecule has 0 aliphatic rings. The maximum atomic E-state index is 12.8. The van der Waals surface area contributed by atoms with E-state index in [4.69, 9.17) is 14.2 Å². The van der Waals surface area contributed by atoms with Gasteiger partial charge in [0.15, 0.2) is 17.3 Å². The number of ether oxygens (including phenoxy) is 3. The fourth-order valence-electron chi connectivity index (χ4n) is 3.07. The fraction of sp³-hybridized carbons (Fsp3) is 0.190. The highest BCUT2D eigenvalue weighted by atomic mass is 16.6. The van der Waals surface area contributed by atoms with Gasteiger partial charge in [-0.1, -0.05) is 0 Å². The molecule has 1 heterocycles.